The summed E-state index contributed by atoms with van der Waals surface area (Å²) in [6.45, 7) is 3.14. The topological polar surface area (TPSA) is 58.4 Å². The highest BCUT2D eigenvalue weighted by Gasteiger charge is 2.24. The summed E-state index contributed by atoms with van der Waals surface area (Å²) in [5.74, 6) is -0.156. The number of anilines is 1. The summed E-state index contributed by atoms with van der Waals surface area (Å²) in [6.07, 6.45) is 1.89. The summed E-state index contributed by atoms with van der Waals surface area (Å²) in [6, 6.07) is 3.76. The van der Waals surface area contributed by atoms with Gasteiger partial charge in [0, 0.05) is 24.2 Å². The summed E-state index contributed by atoms with van der Waals surface area (Å²) in [7, 11) is 2.10. The number of carbonyl (C=O) groups excluding carboxylic acids is 1. The average Bonchev–Trinajstić information content (AvgIpc) is 2.39. The standard InChI is InChI=1S/C14H19Cl2N3O/c1-8-5-10(3-4-19(8)2)18-14(20)9-6-11(15)13(16)12(17)7-9/h6-8,10H,3-5,17H2,1-2H3,(H,18,20). The maximum absolute atomic E-state index is 12.2. The van der Waals surface area contributed by atoms with Gasteiger partial charge in [-0.3, -0.25) is 4.79 Å². The number of amides is 1. The molecule has 1 saturated heterocycles. The van der Waals surface area contributed by atoms with E-state index in [2.05, 4.69) is 24.2 Å². The number of benzene rings is 1. The fraction of sp³-hybridized carbons (Fsp3) is 0.500. The molecule has 0 bridgehead atoms. The summed E-state index contributed by atoms with van der Waals surface area (Å²) < 4.78 is 0. The predicted octanol–water partition coefficient (Wildman–Crippen LogP) is 2.79. The Hall–Kier alpha value is -0.970. The van der Waals surface area contributed by atoms with Gasteiger partial charge in [0.05, 0.1) is 15.7 Å². The minimum Gasteiger partial charge on any atom is -0.397 e. The second-order valence-electron chi connectivity index (χ2n) is 5.39. The first kappa shape index (κ1) is 15.4. The fourth-order valence-corrected chi connectivity index (χ4v) is 2.77. The fourth-order valence-electron chi connectivity index (χ4n) is 2.43. The Morgan fingerprint density at radius 2 is 2.15 bits per heavy atom. The number of nitrogens with zero attached hydrogens (tertiary/aromatic N) is 1. The third kappa shape index (κ3) is 3.37. The van der Waals surface area contributed by atoms with Crippen LogP contribution in [0.2, 0.25) is 10.0 Å². The maximum atomic E-state index is 12.2. The van der Waals surface area contributed by atoms with Gasteiger partial charge in [0.2, 0.25) is 0 Å². The Morgan fingerprint density at radius 1 is 1.45 bits per heavy atom. The van der Waals surface area contributed by atoms with Gasteiger partial charge in [-0.25, -0.2) is 0 Å². The number of nitrogens with two attached hydrogens (primary N) is 1. The summed E-state index contributed by atoms with van der Waals surface area (Å²) in [5, 5.41) is 3.62. The van der Waals surface area contributed by atoms with E-state index < -0.39 is 0 Å². The largest absolute Gasteiger partial charge is 0.397 e. The van der Waals surface area contributed by atoms with Gasteiger partial charge in [0.25, 0.3) is 5.91 Å². The van der Waals surface area contributed by atoms with Crippen molar-refractivity contribution in [3.63, 3.8) is 0 Å². The van der Waals surface area contributed by atoms with E-state index >= 15 is 0 Å². The van der Waals surface area contributed by atoms with Gasteiger partial charge in [-0.2, -0.15) is 0 Å². The number of halogens is 2. The number of hydrogen-bond acceptors (Lipinski definition) is 3. The molecule has 2 rings (SSSR count). The van der Waals surface area contributed by atoms with Crippen molar-refractivity contribution in [2.45, 2.75) is 31.8 Å². The molecule has 0 aliphatic carbocycles. The van der Waals surface area contributed by atoms with Crippen molar-refractivity contribution < 1.29 is 4.79 Å². The molecule has 0 spiro atoms. The lowest BCUT2D eigenvalue weighted by Crippen LogP contribution is -2.47. The molecule has 2 unspecified atom stereocenters. The third-order valence-corrected chi connectivity index (χ3v) is 4.68. The number of likely N-dealkylation sites (tertiary alicyclic amines) is 1. The van der Waals surface area contributed by atoms with E-state index in [-0.39, 0.29) is 17.0 Å². The molecule has 4 nitrogen and oxygen atoms in total. The van der Waals surface area contributed by atoms with Crippen LogP contribution in [0.15, 0.2) is 12.1 Å². The smallest absolute Gasteiger partial charge is 0.251 e. The number of rotatable bonds is 2. The zero-order valence-corrected chi connectivity index (χ0v) is 13.1. The lowest BCUT2D eigenvalue weighted by Gasteiger charge is -2.35. The molecule has 1 aliphatic heterocycles. The van der Waals surface area contributed by atoms with Crippen LogP contribution in [0.3, 0.4) is 0 Å². The summed E-state index contributed by atoms with van der Waals surface area (Å²) >= 11 is 11.8. The molecule has 1 fully saturated rings. The van der Waals surface area contributed by atoms with E-state index in [1.807, 2.05) is 0 Å². The van der Waals surface area contributed by atoms with Gasteiger partial charge in [-0.15, -0.1) is 0 Å². The van der Waals surface area contributed by atoms with Gasteiger partial charge in [-0.1, -0.05) is 23.2 Å². The zero-order valence-electron chi connectivity index (χ0n) is 11.6. The molecular formula is C14H19Cl2N3O. The van der Waals surface area contributed by atoms with Gasteiger partial charge in [-0.05, 0) is 38.9 Å². The molecule has 0 saturated carbocycles. The van der Waals surface area contributed by atoms with E-state index in [4.69, 9.17) is 28.9 Å². The molecule has 1 aliphatic rings. The Bertz CT molecular complexity index is 498. The molecule has 1 aromatic rings. The monoisotopic (exact) mass is 315 g/mol. The zero-order chi connectivity index (χ0) is 14.9. The number of nitrogens with one attached hydrogen (secondary N) is 1. The van der Waals surface area contributed by atoms with E-state index in [1.54, 1.807) is 12.1 Å². The van der Waals surface area contributed by atoms with Crippen molar-refractivity contribution >= 4 is 34.8 Å². The lowest BCUT2D eigenvalue weighted by molar-refractivity contribution is 0.0896. The van der Waals surface area contributed by atoms with Crippen LogP contribution in [0.1, 0.15) is 30.1 Å². The minimum atomic E-state index is -0.156. The number of piperidine rings is 1. The third-order valence-electron chi connectivity index (χ3n) is 3.86. The van der Waals surface area contributed by atoms with Crippen LogP contribution in [0, 0.1) is 0 Å². The first-order valence-electron chi connectivity index (χ1n) is 6.64. The number of hydrogen-bond donors (Lipinski definition) is 2. The van der Waals surface area contributed by atoms with Crippen molar-refractivity contribution in [3.05, 3.63) is 27.7 Å². The van der Waals surface area contributed by atoms with E-state index in [1.165, 1.54) is 0 Å². The van der Waals surface area contributed by atoms with E-state index in [0.717, 1.165) is 19.4 Å². The minimum absolute atomic E-state index is 0.156. The quantitative estimate of drug-likeness (QED) is 0.825. The summed E-state index contributed by atoms with van der Waals surface area (Å²) in [4.78, 5) is 14.5. The Morgan fingerprint density at radius 3 is 2.75 bits per heavy atom. The van der Waals surface area contributed by atoms with Crippen molar-refractivity contribution in [3.8, 4) is 0 Å². The van der Waals surface area contributed by atoms with Crippen LogP contribution >= 0.6 is 23.2 Å². The molecule has 1 heterocycles. The molecule has 0 aromatic heterocycles. The highest BCUT2D eigenvalue weighted by atomic mass is 35.5. The van der Waals surface area contributed by atoms with Gasteiger partial charge in [0.15, 0.2) is 0 Å². The highest BCUT2D eigenvalue weighted by molar-refractivity contribution is 6.43. The molecule has 110 valence electrons. The average molecular weight is 316 g/mol. The second kappa shape index (κ2) is 6.20. The molecule has 0 radical (unpaired) electrons. The molecule has 2 atom stereocenters. The van der Waals surface area contributed by atoms with Crippen LogP contribution in [-0.4, -0.2) is 36.5 Å². The van der Waals surface area contributed by atoms with Crippen LogP contribution in [-0.2, 0) is 0 Å². The van der Waals surface area contributed by atoms with E-state index in [9.17, 15) is 4.79 Å². The Kier molecular flexibility index (Phi) is 4.78. The molecule has 3 N–H and O–H groups in total. The Labute approximate surface area is 129 Å². The highest BCUT2D eigenvalue weighted by Crippen LogP contribution is 2.29. The van der Waals surface area contributed by atoms with Crippen LogP contribution in [0.4, 0.5) is 5.69 Å². The first-order chi connectivity index (χ1) is 9.38. The van der Waals surface area contributed by atoms with Gasteiger partial charge in [0.1, 0.15) is 0 Å². The second-order valence-corrected chi connectivity index (χ2v) is 6.17. The van der Waals surface area contributed by atoms with E-state index in [0.29, 0.717) is 22.3 Å². The lowest BCUT2D eigenvalue weighted by atomic mass is 9.98. The summed E-state index contributed by atoms with van der Waals surface area (Å²) in [5.41, 5.74) is 6.50. The number of carbonyl (C=O) groups is 1. The Balaban J connectivity index is 2.05. The van der Waals surface area contributed by atoms with Crippen LogP contribution in [0.25, 0.3) is 0 Å². The predicted molar refractivity (Wildman–Crippen MR) is 83.5 cm³/mol. The van der Waals surface area contributed by atoms with Gasteiger partial charge < -0.3 is 16.0 Å². The number of nitrogen functional groups attached to an aromatic ring is 1. The van der Waals surface area contributed by atoms with Crippen molar-refractivity contribution in [2.75, 3.05) is 19.3 Å². The molecular weight excluding hydrogens is 297 g/mol. The molecule has 1 aromatic carbocycles. The molecule has 1 amide bonds. The molecule has 6 heteroatoms. The SMILES string of the molecule is CC1CC(NC(=O)c2cc(N)c(Cl)c(Cl)c2)CCN1C. The normalized spacial score (nSPS) is 23.6. The molecule has 20 heavy (non-hydrogen) atoms. The first-order valence-corrected chi connectivity index (χ1v) is 7.39. The van der Waals surface area contributed by atoms with Crippen molar-refractivity contribution in [2.24, 2.45) is 0 Å². The maximum Gasteiger partial charge on any atom is 0.251 e. The van der Waals surface area contributed by atoms with Crippen LogP contribution in [0.5, 0.6) is 0 Å². The van der Waals surface area contributed by atoms with Crippen molar-refractivity contribution in [1.29, 1.82) is 0 Å². The van der Waals surface area contributed by atoms with Crippen molar-refractivity contribution in [1.82, 2.24) is 10.2 Å². The van der Waals surface area contributed by atoms with Crippen LogP contribution < -0.4 is 11.1 Å². The van der Waals surface area contributed by atoms with Gasteiger partial charge >= 0.3 is 0 Å².